The van der Waals surface area contributed by atoms with E-state index in [1.807, 2.05) is 9.97 Å². The third-order valence-electron chi connectivity index (χ3n) is 2.54. The first kappa shape index (κ1) is 14.4. The van der Waals surface area contributed by atoms with Crippen LogP contribution in [0.5, 0.6) is 0 Å². The van der Waals surface area contributed by atoms with E-state index in [2.05, 4.69) is 6.92 Å². The van der Waals surface area contributed by atoms with Crippen molar-refractivity contribution in [1.29, 1.82) is 0 Å². The molecule has 0 bridgehead atoms. The van der Waals surface area contributed by atoms with Gasteiger partial charge in [0.15, 0.2) is 0 Å². The number of ether oxygens (including phenoxy) is 1. The zero-order chi connectivity index (χ0) is 13.4. The summed E-state index contributed by atoms with van der Waals surface area (Å²) in [6, 6.07) is 0. The van der Waals surface area contributed by atoms with Crippen LogP contribution in [-0.2, 0) is 11.5 Å². The molecule has 0 saturated carbocycles. The van der Waals surface area contributed by atoms with Crippen molar-refractivity contribution in [3.8, 4) is 0 Å². The molecule has 1 aromatic rings. The molecule has 7 heteroatoms. The van der Waals surface area contributed by atoms with Gasteiger partial charge in [-0.05, 0) is 6.42 Å². The van der Waals surface area contributed by atoms with Crippen molar-refractivity contribution in [2.75, 3.05) is 6.61 Å². The number of nitrogens with zero attached hydrogens (tertiary/aromatic N) is 1. The molecule has 0 aliphatic rings. The highest BCUT2D eigenvalue weighted by Gasteiger charge is 2.01. The predicted molar refractivity (Wildman–Crippen MR) is 66.7 cm³/mol. The van der Waals surface area contributed by atoms with Crippen LogP contribution in [-0.4, -0.2) is 21.1 Å². The van der Waals surface area contributed by atoms with Crippen molar-refractivity contribution in [3.63, 3.8) is 0 Å². The maximum absolute atomic E-state index is 11.3. The molecule has 0 spiro atoms. The summed E-state index contributed by atoms with van der Waals surface area (Å²) in [5.41, 5.74) is -2.31. The third-order valence-corrected chi connectivity index (χ3v) is 2.54. The zero-order valence-corrected chi connectivity index (χ0v) is 10.5. The van der Waals surface area contributed by atoms with Gasteiger partial charge in [-0.3, -0.25) is 9.97 Å². The molecule has 0 fully saturated rings. The molecule has 1 heterocycles. The van der Waals surface area contributed by atoms with Gasteiger partial charge < -0.3 is 4.74 Å². The van der Waals surface area contributed by atoms with E-state index in [1.54, 1.807) is 0 Å². The maximum atomic E-state index is 11.3. The lowest BCUT2D eigenvalue weighted by atomic mass is 10.2. The van der Waals surface area contributed by atoms with Crippen LogP contribution in [0.3, 0.4) is 0 Å². The highest BCUT2D eigenvalue weighted by molar-refractivity contribution is 4.67. The third kappa shape index (κ3) is 4.70. The molecule has 0 aromatic carbocycles. The van der Waals surface area contributed by atoms with Gasteiger partial charge in [-0.15, -0.1) is 0 Å². The summed E-state index contributed by atoms with van der Waals surface area (Å²) in [5, 5.41) is 0. The molecule has 0 atom stereocenters. The summed E-state index contributed by atoms with van der Waals surface area (Å²) >= 11 is 0. The Kier molecular flexibility index (Phi) is 6.13. The fraction of sp³-hybridized carbons (Fsp3) is 0.727. The summed E-state index contributed by atoms with van der Waals surface area (Å²) in [6.45, 7) is 2.50. The number of rotatable bonds is 8. The Bertz CT molecular complexity index is 480. The van der Waals surface area contributed by atoms with Gasteiger partial charge in [-0.25, -0.2) is 19.0 Å². The van der Waals surface area contributed by atoms with E-state index in [0.29, 0.717) is 6.61 Å². The molecule has 102 valence electrons. The number of hydrogen-bond acceptors (Lipinski definition) is 4. The highest BCUT2D eigenvalue weighted by Crippen LogP contribution is 2.02. The molecule has 1 aromatic heterocycles. The number of H-pyrrole nitrogens is 2. The van der Waals surface area contributed by atoms with Crippen molar-refractivity contribution < 1.29 is 4.74 Å². The smallest absolute Gasteiger partial charge is 0.335 e. The lowest BCUT2D eigenvalue weighted by molar-refractivity contribution is 0.0674. The highest BCUT2D eigenvalue weighted by atomic mass is 16.5. The molecule has 0 unspecified atom stereocenters. The number of unbranched alkanes of at least 4 members (excludes halogenated alkanes) is 4. The summed E-state index contributed by atoms with van der Waals surface area (Å²) in [4.78, 5) is 37.3. The van der Waals surface area contributed by atoms with Gasteiger partial charge in [-0.2, -0.15) is 0 Å². The van der Waals surface area contributed by atoms with E-state index in [4.69, 9.17) is 4.74 Å². The van der Waals surface area contributed by atoms with E-state index >= 15 is 0 Å². The van der Waals surface area contributed by atoms with Gasteiger partial charge >= 0.3 is 17.1 Å². The average molecular weight is 257 g/mol. The van der Waals surface area contributed by atoms with Crippen LogP contribution in [0.15, 0.2) is 14.4 Å². The van der Waals surface area contributed by atoms with Gasteiger partial charge in [0.1, 0.15) is 6.73 Å². The summed E-state index contributed by atoms with van der Waals surface area (Å²) in [6.07, 6.45) is 5.53. The van der Waals surface area contributed by atoms with E-state index < -0.39 is 17.1 Å². The Hall–Kier alpha value is -1.63. The molecular formula is C11H19N3O4. The molecule has 2 N–H and O–H groups in total. The van der Waals surface area contributed by atoms with E-state index in [-0.39, 0.29) is 6.73 Å². The predicted octanol–water partition coefficient (Wildman–Crippen LogP) is 0.169. The molecule has 18 heavy (non-hydrogen) atoms. The molecule has 1 rings (SSSR count). The van der Waals surface area contributed by atoms with Crippen LogP contribution < -0.4 is 17.1 Å². The first-order valence-electron chi connectivity index (χ1n) is 6.16. The number of aromatic nitrogens is 3. The number of nitrogens with one attached hydrogen (secondary N) is 2. The molecule has 0 aliphatic carbocycles. The summed E-state index contributed by atoms with van der Waals surface area (Å²) < 4.78 is 6.04. The minimum atomic E-state index is -0.805. The zero-order valence-electron chi connectivity index (χ0n) is 10.5. The van der Waals surface area contributed by atoms with Crippen molar-refractivity contribution in [1.82, 2.24) is 14.5 Å². The van der Waals surface area contributed by atoms with Gasteiger partial charge in [0, 0.05) is 6.61 Å². The first-order chi connectivity index (χ1) is 8.65. The Morgan fingerprint density at radius 1 is 1.00 bits per heavy atom. The largest absolute Gasteiger partial charge is 0.360 e. The van der Waals surface area contributed by atoms with Crippen molar-refractivity contribution in [2.24, 2.45) is 0 Å². The molecule has 7 nitrogen and oxygen atoms in total. The Balaban J connectivity index is 2.34. The second-order valence-corrected chi connectivity index (χ2v) is 4.07. The first-order valence-corrected chi connectivity index (χ1v) is 6.16. The summed E-state index contributed by atoms with van der Waals surface area (Å²) in [7, 11) is 0. The fourth-order valence-electron chi connectivity index (χ4n) is 1.53. The Labute approximate surface area is 104 Å². The maximum Gasteiger partial charge on any atom is 0.335 e. The minimum Gasteiger partial charge on any atom is -0.360 e. The second-order valence-electron chi connectivity index (χ2n) is 4.07. The molecule has 0 radical (unpaired) electrons. The molecule has 0 saturated heterocycles. The lowest BCUT2D eigenvalue weighted by Gasteiger charge is -2.05. The van der Waals surface area contributed by atoms with Crippen molar-refractivity contribution in [3.05, 3.63) is 31.5 Å². The van der Waals surface area contributed by atoms with Crippen LogP contribution >= 0.6 is 0 Å². The Morgan fingerprint density at radius 3 is 2.22 bits per heavy atom. The monoisotopic (exact) mass is 257 g/mol. The van der Waals surface area contributed by atoms with Crippen molar-refractivity contribution in [2.45, 2.75) is 45.8 Å². The Morgan fingerprint density at radius 2 is 1.61 bits per heavy atom. The van der Waals surface area contributed by atoms with Crippen LogP contribution in [0.4, 0.5) is 0 Å². The summed E-state index contributed by atoms with van der Waals surface area (Å²) in [5.74, 6) is 0. The lowest BCUT2D eigenvalue weighted by Crippen LogP contribution is -2.43. The van der Waals surface area contributed by atoms with E-state index in [0.717, 1.165) is 17.4 Å². The average Bonchev–Trinajstić information content (AvgIpc) is 2.30. The number of aromatic amines is 2. The second kappa shape index (κ2) is 7.65. The standard InChI is InChI=1S/C11H19N3O4/c1-2-3-4-5-6-7-18-8-14-10(16)12-9(15)13-11(14)17/h2-8H2,1H3,(H2,12,13,15,16,17). The number of hydrogen-bond donors (Lipinski definition) is 2. The fourth-order valence-corrected chi connectivity index (χ4v) is 1.53. The van der Waals surface area contributed by atoms with Crippen molar-refractivity contribution >= 4 is 0 Å². The van der Waals surface area contributed by atoms with Crippen LogP contribution in [0.2, 0.25) is 0 Å². The minimum absolute atomic E-state index is 0.140. The van der Waals surface area contributed by atoms with Crippen LogP contribution in [0.1, 0.15) is 39.0 Å². The SMILES string of the molecule is CCCCCCCOCn1c(=O)[nH]c(=O)[nH]c1=O. The van der Waals surface area contributed by atoms with Gasteiger partial charge in [0.05, 0.1) is 0 Å². The molecule has 0 aliphatic heterocycles. The van der Waals surface area contributed by atoms with Crippen LogP contribution in [0.25, 0.3) is 0 Å². The normalized spacial score (nSPS) is 10.7. The van der Waals surface area contributed by atoms with Crippen LogP contribution in [0, 0.1) is 0 Å². The van der Waals surface area contributed by atoms with Gasteiger partial charge in [-0.1, -0.05) is 32.6 Å². The molecule has 0 amide bonds. The topological polar surface area (TPSA) is 96.9 Å². The van der Waals surface area contributed by atoms with E-state index in [9.17, 15) is 14.4 Å². The van der Waals surface area contributed by atoms with E-state index in [1.165, 1.54) is 19.3 Å². The quantitative estimate of drug-likeness (QED) is 0.649. The van der Waals surface area contributed by atoms with Gasteiger partial charge in [0.25, 0.3) is 0 Å². The van der Waals surface area contributed by atoms with Gasteiger partial charge in [0.2, 0.25) is 0 Å². The molecular weight excluding hydrogens is 238 g/mol.